The fourth-order valence-corrected chi connectivity index (χ4v) is 2.50. The van der Waals surface area contributed by atoms with Crippen molar-refractivity contribution in [1.29, 1.82) is 0 Å². The molecule has 0 radical (unpaired) electrons. The third kappa shape index (κ3) is 5.28. The van der Waals surface area contributed by atoms with Crippen LogP contribution in [0, 0.1) is 5.82 Å². The lowest BCUT2D eigenvalue weighted by atomic mass is 10.1. The number of pyridine rings is 1. The van der Waals surface area contributed by atoms with Crippen LogP contribution in [0.15, 0.2) is 66.9 Å². The molecule has 1 heterocycles. The molecule has 0 bridgehead atoms. The summed E-state index contributed by atoms with van der Waals surface area (Å²) >= 11 is 0. The maximum atomic E-state index is 12.9. The smallest absolute Gasteiger partial charge is 0.252 e. The Bertz CT molecular complexity index is 879. The number of ether oxygens (including phenoxy) is 1. The van der Waals surface area contributed by atoms with Crippen LogP contribution in [-0.4, -0.2) is 24.5 Å². The topological polar surface area (TPSA) is 63.2 Å². The molecule has 2 aromatic carbocycles. The van der Waals surface area contributed by atoms with Gasteiger partial charge >= 0.3 is 0 Å². The van der Waals surface area contributed by atoms with Crippen LogP contribution >= 0.6 is 0 Å². The maximum absolute atomic E-state index is 12.9. The van der Waals surface area contributed by atoms with Crippen LogP contribution in [0.25, 0.3) is 0 Å². The van der Waals surface area contributed by atoms with Gasteiger partial charge in [0.2, 0.25) is 0 Å². The molecule has 3 rings (SSSR count). The van der Waals surface area contributed by atoms with E-state index in [9.17, 15) is 9.18 Å². The fraction of sp³-hybridized carbons (Fsp3) is 0.143. The Morgan fingerprint density at radius 2 is 1.78 bits per heavy atom. The van der Waals surface area contributed by atoms with Gasteiger partial charge in [0, 0.05) is 18.4 Å². The summed E-state index contributed by atoms with van der Waals surface area (Å²) in [5.41, 5.74) is 2.32. The lowest BCUT2D eigenvalue weighted by Crippen LogP contribution is -2.25. The van der Waals surface area contributed by atoms with Gasteiger partial charge in [0.05, 0.1) is 12.7 Å². The Morgan fingerprint density at radius 3 is 2.41 bits per heavy atom. The summed E-state index contributed by atoms with van der Waals surface area (Å²) in [6.45, 7) is 0.529. The van der Waals surface area contributed by atoms with Gasteiger partial charge in [-0.15, -0.1) is 0 Å². The molecule has 0 saturated carbocycles. The first kappa shape index (κ1) is 18.4. The molecule has 0 atom stereocenters. The number of aromatic nitrogens is 1. The Balaban J connectivity index is 1.50. The second kappa shape index (κ2) is 8.80. The van der Waals surface area contributed by atoms with E-state index in [0.717, 1.165) is 23.4 Å². The van der Waals surface area contributed by atoms with Crippen LogP contribution < -0.4 is 15.4 Å². The van der Waals surface area contributed by atoms with Crippen molar-refractivity contribution in [3.05, 3.63) is 83.8 Å². The highest BCUT2D eigenvalue weighted by molar-refractivity contribution is 5.94. The molecule has 6 heteroatoms. The van der Waals surface area contributed by atoms with Crippen LogP contribution in [-0.2, 0) is 6.42 Å². The summed E-state index contributed by atoms with van der Waals surface area (Å²) in [5, 5.41) is 5.93. The van der Waals surface area contributed by atoms with Crippen LogP contribution in [0.5, 0.6) is 5.75 Å². The molecule has 0 saturated heterocycles. The third-order valence-corrected chi connectivity index (χ3v) is 4.00. The molecule has 3 aromatic rings. The standard InChI is InChI=1S/C21H20FN3O2/c1-27-19-9-2-15(3-10-19)12-13-23-21(26)16-4-11-20(24-14-16)25-18-7-5-17(22)6-8-18/h2-11,14H,12-13H2,1H3,(H,23,26)(H,24,25). The van der Waals surface area contributed by atoms with E-state index in [1.54, 1.807) is 31.4 Å². The first-order valence-electron chi connectivity index (χ1n) is 8.54. The van der Waals surface area contributed by atoms with Crippen molar-refractivity contribution < 1.29 is 13.9 Å². The van der Waals surface area contributed by atoms with Crippen molar-refractivity contribution in [1.82, 2.24) is 10.3 Å². The Hall–Kier alpha value is -3.41. The number of halogens is 1. The zero-order chi connectivity index (χ0) is 19.1. The predicted molar refractivity (Wildman–Crippen MR) is 103 cm³/mol. The lowest BCUT2D eigenvalue weighted by molar-refractivity contribution is 0.0954. The summed E-state index contributed by atoms with van der Waals surface area (Å²) in [6, 6.07) is 17.1. The highest BCUT2D eigenvalue weighted by Gasteiger charge is 2.06. The van der Waals surface area contributed by atoms with Gasteiger partial charge in [-0.1, -0.05) is 12.1 Å². The number of carbonyl (C=O) groups excluding carboxylic acids is 1. The summed E-state index contributed by atoms with van der Waals surface area (Å²) in [7, 11) is 1.63. The molecule has 0 fully saturated rings. The number of rotatable bonds is 7. The highest BCUT2D eigenvalue weighted by Crippen LogP contribution is 2.15. The normalized spacial score (nSPS) is 10.3. The molecule has 0 aliphatic heterocycles. The highest BCUT2D eigenvalue weighted by atomic mass is 19.1. The SMILES string of the molecule is COc1ccc(CCNC(=O)c2ccc(Nc3ccc(F)cc3)nc2)cc1. The molecule has 1 aromatic heterocycles. The molecule has 1 amide bonds. The van der Waals surface area contributed by atoms with Gasteiger partial charge in [0.1, 0.15) is 17.4 Å². The summed E-state index contributed by atoms with van der Waals surface area (Å²) in [4.78, 5) is 16.4. The van der Waals surface area contributed by atoms with E-state index in [0.29, 0.717) is 17.9 Å². The number of hydrogen-bond donors (Lipinski definition) is 2. The van der Waals surface area contributed by atoms with Crippen LogP contribution in [0.3, 0.4) is 0 Å². The van der Waals surface area contributed by atoms with Crippen molar-refractivity contribution in [3.63, 3.8) is 0 Å². The van der Waals surface area contributed by atoms with Crippen LogP contribution in [0.2, 0.25) is 0 Å². The Labute approximate surface area is 157 Å². The number of nitrogens with zero attached hydrogens (tertiary/aromatic N) is 1. The van der Waals surface area contributed by atoms with E-state index in [-0.39, 0.29) is 11.7 Å². The molecule has 5 nitrogen and oxygen atoms in total. The zero-order valence-electron chi connectivity index (χ0n) is 14.9. The first-order chi connectivity index (χ1) is 13.1. The second-order valence-electron chi connectivity index (χ2n) is 5.92. The van der Waals surface area contributed by atoms with Crippen LogP contribution in [0.1, 0.15) is 15.9 Å². The number of hydrogen-bond acceptors (Lipinski definition) is 4. The minimum absolute atomic E-state index is 0.177. The fourth-order valence-electron chi connectivity index (χ4n) is 2.50. The number of methoxy groups -OCH3 is 1. The summed E-state index contributed by atoms with van der Waals surface area (Å²) < 4.78 is 18.0. The van der Waals surface area contributed by atoms with Gasteiger partial charge in [-0.2, -0.15) is 0 Å². The van der Waals surface area contributed by atoms with Gasteiger partial charge in [-0.25, -0.2) is 9.37 Å². The largest absolute Gasteiger partial charge is 0.497 e. The molecular formula is C21H20FN3O2. The Morgan fingerprint density at radius 1 is 1.04 bits per heavy atom. The number of anilines is 2. The summed E-state index contributed by atoms with van der Waals surface area (Å²) in [6.07, 6.45) is 2.24. The average Bonchev–Trinajstić information content (AvgIpc) is 2.71. The van der Waals surface area contributed by atoms with E-state index < -0.39 is 0 Å². The molecule has 0 unspecified atom stereocenters. The quantitative estimate of drug-likeness (QED) is 0.666. The molecular weight excluding hydrogens is 345 g/mol. The van der Waals surface area contributed by atoms with Crippen molar-refractivity contribution in [2.45, 2.75) is 6.42 Å². The van der Waals surface area contributed by atoms with Crippen molar-refractivity contribution in [3.8, 4) is 5.75 Å². The average molecular weight is 365 g/mol. The van der Waals surface area contributed by atoms with Crippen molar-refractivity contribution >= 4 is 17.4 Å². The number of amides is 1. The van der Waals surface area contributed by atoms with E-state index in [2.05, 4.69) is 15.6 Å². The minimum Gasteiger partial charge on any atom is -0.497 e. The van der Waals surface area contributed by atoms with E-state index in [1.165, 1.54) is 18.3 Å². The first-order valence-corrected chi connectivity index (χ1v) is 8.54. The number of carbonyl (C=O) groups is 1. The van der Waals surface area contributed by atoms with Crippen LogP contribution in [0.4, 0.5) is 15.9 Å². The zero-order valence-corrected chi connectivity index (χ0v) is 14.9. The lowest BCUT2D eigenvalue weighted by Gasteiger charge is -2.08. The minimum atomic E-state index is -0.296. The van der Waals surface area contributed by atoms with Gasteiger partial charge in [-0.3, -0.25) is 4.79 Å². The number of benzene rings is 2. The van der Waals surface area contributed by atoms with Gasteiger partial charge in [-0.05, 0) is 60.5 Å². The van der Waals surface area contributed by atoms with Gasteiger partial charge < -0.3 is 15.4 Å². The Kier molecular flexibility index (Phi) is 5.99. The van der Waals surface area contributed by atoms with Crippen molar-refractivity contribution in [2.24, 2.45) is 0 Å². The molecule has 0 spiro atoms. The molecule has 138 valence electrons. The molecule has 0 aliphatic rings. The van der Waals surface area contributed by atoms with Gasteiger partial charge in [0.25, 0.3) is 5.91 Å². The van der Waals surface area contributed by atoms with E-state index in [4.69, 9.17) is 4.74 Å². The maximum Gasteiger partial charge on any atom is 0.252 e. The third-order valence-electron chi connectivity index (χ3n) is 4.00. The molecule has 27 heavy (non-hydrogen) atoms. The number of nitrogens with one attached hydrogen (secondary N) is 2. The monoisotopic (exact) mass is 365 g/mol. The van der Waals surface area contributed by atoms with E-state index >= 15 is 0 Å². The predicted octanol–water partition coefficient (Wildman–Crippen LogP) is 3.95. The van der Waals surface area contributed by atoms with Gasteiger partial charge in [0.15, 0.2) is 0 Å². The van der Waals surface area contributed by atoms with E-state index in [1.807, 2.05) is 24.3 Å². The molecule has 0 aliphatic carbocycles. The summed E-state index contributed by atoms with van der Waals surface area (Å²) in [5.74, 6) is 0.916. The molecule has 2 N–H and O–H groups in total. The van der Waals surface area contributed by atoms with Crippen molar-refractivity contribution in [2.75, 3.05) is 19.0 Å². The second-order valence-corrected chi connectivity index (χ2v) is 5.92.